The van der Waals surface area contributed by atoms with Gasteiger partial charge >= 0.3 is 5.97 Å². The number of nitrogens with zero attached hydrogens (tertiary/aromatic N) is 1. The smallest absolute Gasteiger partial charge is 0.327 e. The highest BCUT2D eigenvalue weighted by Gasteiger charge is 2.34. The molecular formula is C12H26N2O2. The highest BCUT2D eigenvalue weighted by molar-refractivity contribution is 5.80. The lowest BCUT2D eigenvalue weighted by Gasteiger charge is -2.33. The molecule has 0 rings (SSSR count). The van der Waals surface area contributed by atoms with E-state index in [1.807, 2.05) is 6.92 Å². The molecule has 0 aromatic rings. The normalized spacial score (nSPS) is 15.2. The number of rotatable bonds is 7. The molecule has 0 heterocycles. The second-order valence-corrected chi connectivity index (χ2v) is 4.80. The monoisotopic (exact) mass is 230 g/mol. The van der Waals surface area contributed by atoms with Gasteiger partial charge in [-0.05, 0) is 26.4 Å². The molecular weight excluding hydrogens is 204 g/mol. The predicted molar refractivity (Wildman–Crippen MR) is 66.4 cm³/mol. The van der Waals surface area contributed by atoms with E-state index in [2.05, 4.69) is 31.0 Å². The highest BCUT2D eigenvalue weighted by atomic mass is 16.5. The van der Waals surface area contributed by atoms with Crippen LogP contribution in [0.25, 0.3) is 0 Å². The van der Waals surface area contributed by atoms with E-state index in [1.165, 1.54) is 7.11 Å². The molecule has 0 aromatic heterocycles. The number of hydrogen-bond acceptors (Lipinski definition) is 4. The zero-order valence-electron chi connectivity index (χ0n) is 11.5. The zero-order valence-corrected chi connectivity index (χ0v) is 11.5. The minimum atomic E-state index is -0.625. The van der Waals surface area contributed by atoms with Crippen LogP contribution in [0, 0.1) is 5.92 Å². The molecule has 0 saturated heterocycles. The van der Waals surface area contributed by atoms with Crippen LogP contribution in [0.4, 0.5) is 0 Å². The van der Waals surface area contributed by atoms with Gasteiger partial charge < -0.3 is 15.0 Å². The number of nitrogens with one attached hydrogen (secondary N) is 1. The van der Waals surface area contributed by atoms with Crippen molar-refractivity contribution in [3.63, 3.8) is 0 Å². The van der Waals surface area contributed by atoms with Crippen LogP contribution in [0.15, 0.2) is 0 Å². The van der Waals surface area contributed by atoms with Crippen molar-refractivity contribution in [1.82, 2.24) is 10.2 Å². The molecule has 96 valence electrons. The molecule has 0 aliphatic rings. The van der Waals surface area contributed by atoms with Gasteiger partial charge in [0.25, 0.3) is 0 Å². The average Bonchev–Trinajstić information content (AvgIpc) is 2.26. The van der Waals surface area contributed by atoms with Crippen molar-refractivity contribution in [2.75, 3.05) is 33.8 Å². The van der Waals surface area contributed by atoms with Gasteiger partial charge in [-0.25, -0.2) is 0 Å². The summed E-state index contributed by atoms with van der Waals surface area (Å²) in [5.41, 5.74) is -0.625. The fourth-order valence-electron chi connectivity index (χ4n) is 1.74. The maximum Gasteiger partial charge on any atom is 0.327 e. The number of esters is 1. The fraction of sp³-hybridized carbons (Fsp3) is 0.917. The first-order chi connectivity index (χ1) is 7.39. The van der Waals surface area contributed by atoms with Crippen LogP contribution in [0.2, 0.25) is 0 Å². The number of likely N-dealkylation sites (N-methyl/N-ethyl adjacent to an activating group) is 2. The van der Waals surface area contributed by atoms with Crippen molar-refractivity contribution >= 4 is 5.97 Å². The van der Waals surface area contributed by atoms with Gasteiger partial charge in [0, 0.05) is 13.1 Å². The lowest BCUT2D eigenvalue weighted by molar-refractivity contribution is -0.148. The van der Waals surface area contributed by atoms with Crippen molar-refractivity contribution < 1.29 is 9.53 Å². The van der Waals surface area contributed by atoms with Gasteiger partial charge in [0.15, 0.2) is 0 Å². The number of carbonyl (C=O) groups excluding carboxylic acids is 1. The van der Waals surface area contributed by atoms with Crippen LogP contribution in [-0.2, 0) is 9.53 Å². The van der Waals surface area contributed by atoms with Crippen LogP contribution >= 0.6 is 0 Å². The summed E-state index contributed by atoms with van der Waals surface area (Å²) in [6.07, 6.45) is 0. The van der Waals surface area contributed by atoms with E-state index < -0.39 is 5.54 Å². The van der Waals surface area contributed by atoms with Crippen LogP contribution < -0.4 is 5.32 Å². The lowest BCUT2D eigenvalue weighted by atomic mass is 10.0. The van der Waals surface area contributed by atoms with Gasteiger partial charge in [-0.3, -0.25) is 4.79 Å². The SMILES string of the molecule is CCN(CC(C)C)CC(C)(NC)C(=O)OC. The van der Waals surface area contributed by atoms with Gasteiger partial charge in [0.05, 0.1) is 7.11 Å². The molecule has 0 fully saturated rings. The quantitative estimate of drug-likeness (QED) is 0.665. The third-order valence-electron chi connectivity index (χ3n) is 2.80. The summed E-state index contributed by atoms with van der Waals surface area (Å²) in [6.45, 7) is 10.9. The first kappa shape index (κ1) is 15.4. The molecule has 0 radical (unpaired) electrons. The van der Waals surface area contributed by atoms with Gasteiger partial charge in [0.1, 0.15) is 5.54 Å². The Hall–Kier alpha value is -0.610. The first-order valence-electron chi connectivity index (χ1n) is 5.89. The van der Waals surface area contributed by atoms with E-state index in [0.717, 1.165) is 13.1 Å². The fourth-order valence-corrected chi connectivity index (χ4v) is 1.74. The summed E-state index contributed by atoms with van der Waals surface area (Å²) in [5, 5.41) is 3.05. The van der Waals surface area contributed by atoms with E-state index in [9.17, 15) is 4.79 Å². The second-order valence-electron chi connectivity index (χ2n) is 4.80. The van der Waals surface area contributed by atoms with E-state index in [1.54, 1.807) is 7.05 Å². The van der Waals surface area contributed by atoms with Crippen molar-refractivity contribution in [1.29, 1.82) is 0 Å². The Morgan fingerprint density at radius 1 is 1.50 bits per heavy atom. The van der Waals surface area contributed by atoms with Crippen molar-refractivity contribution in [3.05, 3.63) is 0 Å². The topological polar surface area (TPSA) is 41.6 Å². The third-order valence-corrected chi connectivity index (χ3v) is 2.80. The Kier molecular flexibility index (Phi) is 6.60. The average molecular weight is 230 g/mol. The molecule has 4 heteroatoms. The number of hydrogen-bond donors (Lipinski definition) is 1. The highest BCUT2D eigenvalue weighted by Crippen LogP contribution is 2.10. The molecule has 4 nitrogen and oxygen atoms in total. The third kappa shape index (κ3) is 4.49. The molecule has 16 heavy (non-hydrogen) atoms. The van der Waals surface area contributed by atoms with E-state index in [4.69, 9.17) is 4.74 Å². The molecule has 0 aliphatic heterocycles. The molecule has 0 spiro atoms. The molecule has 0 aromatic carbocycles. The summed E-state index contributed by atoms with van der Waals surface area (Å²) in [5.74, 6) is 0.385. The maximum atomic E-state index is 11.7. The van der Waals surface area contributed by atoms with Gasteiger partial charge in [-0.1, -0.05) is 20.8 Å². The summed E-state index contributed by atoms with van der Waals surface area (Å²) >= 11 is 0. The van der Waals surface area contributed by atoms with Crippen molar-refractivity contribution in [2.45, 2.75) is 33.2 Å². The van der Waals surface area contributed by atoms with Crippen LogP contribution in [-0.4, -0.2) is 50.2 Å². The Bertz CT molecular complexity index is 219. The Labute approximate surface area is 99.3 Å². The molecule has 1 unspecified atom stereocenters. The molecule has 1 atom stereocenters. The molecule has 0 amide bonds. The zero-order chi connectivity index (χ0) is 12.8. The van der Waals surface area contributed by atoms with E-state index in [0.29, 0.717) is 12.5 Å². The van der Waals surface area contributed by atoms with E-state index >= 15 is 0 Å². The van der Waals surface area contributed by atoms with Crippen LogP contribution in [0.1, 0.15) is 27.7 Å². The van der Waals surface area contributed by atoms with Crippen LogP contribution in [0.3, 0.4) is 0 Å². The van der Waals surface area contributed by atoms with Crippen molar-refractivity contribution in [3.8, 4) is 0 Å². The standard InChI is InChI=1S/C12H26N2O2/c1-7-14(8-10(2)3)9-12(4,13-5)11(15)16-6/h10,13H,7-9H2,1-6H3. The Balaban J connectivity index is 4.54. The molecule has 0 saturated carbocycles. The van der Waals surface area contributed by atoms with Gasteiger partial charge in [-0.2, -0.15) is 0 Å². The largest absolute Gasteiger partial charge is 0.468 e. The molecule has 0 bridgehead atoms. The van der Waals surface area contributed by atoms with Gasteiger partial charge in [0.2, 0.25) is 0 Å². The number of carbonyl (C=O) groups is 1. The second kappa shape index (κ2) is 6.86. The van der Waals surface area contributed by atoms with Gasteiger partial charge in [-0.15, -0.1) is 0 Å². The summed E-state index contributed by atoms with van der Waals surface area (Å²) < 4.78 is 4.83. The Morgan fingerprint density at radius 2 is 2.06 bits per heavy atom. The minimum absolute atomic E-state index is 0.211. The van der Waals surface area contributed by atoms with Crippen LogP contribution in [0.5, 0.6) is 0 Å². The summed E-state index contributed by atoms with van der Waals surface area (Å²) in [7, 11) is 3.22. The molecule has 1 N–H and O–H groups in total. The summed E-state index contributed by atoms with van der Waals surface area (Å²) in [4.78, 5) is 14.0. The maximum absolute atomic E-state index is 11.7. The first-order valence-corrected chi connectivity index (χ1v) is 5.89. The number of ether oxygens (including phenoxy) is 1. The summed E-state index contributed by atoms with van der Waals surface area (Å²) in [6, 6.07) is 0. The number of methoxy groups -OCH3 is 1. The predicted octanol–water partition coefficient (Wildman–Crippen LogP) is 1.12. The van der Waals surface area contributed by atoms with Crippen molar-refractivity contribution in [2.24, 2.45) is 5.92 Å². The lowest BCUT2D eigenvalue weighted by Crippen LogP contribution is -2.56. The molecule has 0 aliphatic carbocycles. The van der Waals surface area contributed by atoms with E-state index in [-0.39, 0.29) is 5.97 Å². The minimum Gasteiger partial charge on any atom is -0.468 e. The Morgan fingerprint density at radius 3 is 2.38 bits per heavy atom.